The topological polar surface area (TPSA) is 119 Å². The molecule has 11 heteroatoms. The first-order valence-corrected chi connectivity index (χ1v) is 12.8. The molecule has 2 fully saturated rings. The molecule has 4 aromatic rings. The largest absolute Gasteiger partial charge is 0.434 e. The van der Waals surface area contributed by atoms with Gasteiger partial charge in [-0.25, -0.2) is 19.9 Å². The van der Waals surface area contributed by atoms with Crippen LogP contribution in [0.15, 0.2) is 40.3 Å². The Bertz CT molecular complexity index is 1460. The Morgan fingerprint density at radius 2 is 1.94 bits per heavy atom. The molecule has 0 bridgehead atoms. The van der Waals surface area contributed by atoms with Crippen LogP contribution in [0.25, 0.3) is 34.1 Å². The lowest BCUT2D eigenvalue weighted by Crippen LogP contribution is -2.25. The second-order valence-electron chi connectivity index (χ2n) is 9.61. The molecule has 186 valence electrons. The van der Waals surface area contributed by atoms with Gasteiger partial charge < -0.3 is 13.9 Å². The van der Waals surface area contributed by atoms with Crippen LogP contribution in [0.2, 0.25) is 5.02 Å². The van der Waals surface area contributed by atoms with Crippen LogP contribution in [0.3, 0.4) is 0 Å². The van der Waals surface area contributed by atoms with Gasteiger partial charge in [-0.05, 0) is 56.4 Å². The fourth-order valence-corrected chi connectivity index (χ4v) is 5.56. The van der Waals surface area contributed by atoms with Crippen molar-refractivity contribution in [2.75, 3.05) is 18.0 Å². The molecular formula is C25H27ClN8O2. The second kappa shape index (κ2) is 9.50. The van der Waals surface area contributed by atoms with E-state index in [-0.39, 0.29) is 11.7 Å². The van der Waals surface area contributed by atoms with Gasteiger partial charge in [-0.2, -0.15) is 4.98 Å². The first-order chi connectivity index (χ1) is 17.6. The maximum absolute atomic E-state index is 11.6. The van der Waals surface area contributed by atoms with Gasteiger partial charge in [0.2, 0.25) is 11.8 Å². The molecule has 1 saturated heterocycles. The van der Waals surface area contributed by atoms with E-state index in [9.17, 15) is 4.79 Å². The smallest absolute Gasteiger partial charge is 0.384 e. The Morgan fingerprint density at radius 3 is 2.64 bits per heavy atom. The minimum atomic E-state index is -0.668. The van der Waals surface area contributed by atoms with Crippen LogP contribution in [-0.4, -0.2) is 47.8 Å². The SMILES string of the molecule is C=CC1CCC(Cn2c(N3CCCC3)nc3nc(-c4n[nH]c(=O)o4)nc(-c4cncc(Cl)c4)c32)CC1. The molecule has 10 nitrogen and oxygen atoms in total. The van der Waals surface area contributed by atoms with Crippen molar-refractivity contribution in [1.82, 2.24) is 34.7 Å². The lowest BCUT2D eigenvalue weighted by molar-refractivity contribution is 0.284. The van der Waals surface area contributed by atoms with Crippen molar-refractivity contribution in [1.29, 1.82) is 0 Å². The molecule has 2 aliphatic rings. The molecule has 0 spiro atoms. The van der Waals surface area contributed by atoms with Gasteiger partial charge in [0, 0.05) is 37.6 Å². The normalized spacial score (nSPS) is 20.3. The van der Waals surface area contributed by atoms with Crippen LogP contribution < -0.4 is 10.7 Å². The number of fused-ring (bicyclic) bond motifs is 1. The summed E-state index contributed by atoms with van der Waals surface area (Å²) in [4.78, 5) is 32.7. The highest BCUT2D eigenvalue weighted by molar-refractivity contribution is 6.30. The van der Waals surface area contributed by atoms with Crippen LogP contribution in [0.4, 0.5) is 5.95 Å². The number of hydrogen-bond donors (Lipinski definition) is 1. The van der Waals surface area contributed by atoms with Crippen molar-refractivity contribution in [3.05, 3.63) is 46.7 Å². The van der Waals surface area contributed by atoms with E-state index in [1.54, 1.807) is 12.4 Å². The lowest BCUT2D eigenvalue weighted by atomic mass is 9.82. The Hall–Kier alpha value is -3.53. The van der Waals surface area contributed by atoms with Crippen molar-refractivity contribution in [3.8, 4) is 23.0 Å². The van der Waals surface area contributed by atoms with Crippen molar-refractivity contribution < 1.29 is 4.42 Å². The number of imidazole rings is 1. The van der Waals surface area contributed by atoms with Crippen molar-refractivity contribution in [2.24, 2.45) is 11.8 Å². The molecule has 1 aliphatic carbocycles. The summed E-state index contributed by atoms with van der Waals surface area (Å²) in [5.74, 6) is 1.55. The molecule has 6 rings (SSSR count). The number of aromatic amines is 1. The van der Waals surface area contributed by atoms with Gasteiger partial charge in [0.05, 0.1) is 5.02 Å². The van der Waals surface area contributed by atoms with Crippen LogP contribution >= 0.6 is 11.6 Å². The molecule has 0 atom stereocenters. The Kier molecular flexibility index (Phi) is 6.04. The van der Waals surface area contributed by atoms with E-state index in [0.29, 0.717) is 28.2 Å². The van der Waals surface area contributed by atoms with Gasteiger partial charge in [0.25, 0.3) is 5.89 Å². The van der Waals surface area contributed by atoms with E-state index < -0.39 is 5.76 Å². The summed E-state index contributed by atoms with van der Waals surface area (Å²) in [5.41, 5.74) is 2.72. The Balaban J connectivity index is 1.54. The van der Waals surface area contributed by atoms with Gasteiger partial charge >= 0.3 is 5.76 Å². The predicted octanol–water partition coefficient (Wildman–Crippen LogP) is 4.48. The third-order valence-corrected chi connectivity index (χ3v) is 7.45. The highest BCUT2D eigenvalue weighted by atomic mass is 35.5. The third-order valence-electron chi connectivity index (χ3n) is 7.24. The number of halogens is 1. The highest BCUT2D eigenvalue weighted by Gasteiger charge is 2.28. The minimum absolute atomic E-state index is 0.0122. The first-order valence-electron chi connectivity index (χ1n) is 12.4. The van der Waals surface area contributed by atoms with Gasteiger partial charge in [-0.15, -0.1) is 11.7 Å². The zero-order valence-electron chi connectivity index (χ0n) is 19.9. The molecule has 5 heterocycles. The van der Waals surface area contributed by atoms with Crippen LogP contribution in [0.1, 0.15) is 38.5 Å². The number of hydrogen-bond acceptors (Lipinski definition) is 8. The zero-order chi connectivity index (χ0) is 24.6. The van der Waals surface area contributed by atoms with Gasteiger partial charge in [0.15, 0.2) is 5.65 Å². The van der Waals surface area contributed by atoms with Crippen molar-refractivity contribution >= 4 is 28.7 Å². The quantitative estimate of drug-likeness (QED) is 0.380. The number of anilines is 1. The second-order valence-corrected chi connectivity index (χ2v) is 10.0. The average Bonchev–Trinajstić information content (AvgIpc) is 3.64. The third kappa shape index (κ3) is 4.30. The number of aromatic nitrogens is 7. The number of allylic oxidation sites excluding steroid dienone is 1. The van der Waals surface area contributed by atoms with E-state index in [0.717, 1.165) is 75.2 Å². The summed E-state index contributed by atoms with van der Waals surface area (Å²) in [6.07, 6.45) is 12.3. The van der Waals surface area contributed by atoms with Gasteiger partial charge in [0.1, 0.15) is 11.2 Å². The molecule has 1 saturated carbocycles. The van der Waals surface area contributed by atoms with Crippen LogP contribution in [0.5, 0.6) is 0 Å². The van der Waals surface area contributed by atoms with E-state index in [1.165, 1.54) is 0 Å². The fourth-order valence-electron chi connectivity index (χ4n) is 5.38. The molecule has 0 amide bonds. The molecule has 1 N–H and O–H groups in total. The number of H-pyrrole nitrogens is 1. The van der Waals surface area contributed by atoms with Crippen LogP contribution in [0, 0.1) is 11.8 Å². The van der Waals surface area contributed by atoms with E-state index in [2.05, 4.69) is 42.3 Å². The van der Waals surface area contributed by atoms with Crippen molar-refractivity contribution in [3.63, 3.8) is 0 Å². The Morgan fingerprint density at radius 1 is 1.14 bits per heavy atom. The van der Waals surface area contributed by atoms with Gasteiger partial charge in [-0.3, -0.25) is 4.98 Å². The monoisotopic (exact) mass is 506 g/mol. The molecule has 0 unspecified atom stereocenters. The number of pyridine rings is 1. The number of nitrogens with zero attached hydrogens (tertiary/aromatic N) is 7. The van der Waals surface area contributed by atoms with E-state index in [4.69, 9.17) is 26.0 Å². The van der Waals surface area contributed by atoms with Crippen molar-refractivity contribution in [2.45, 2.75) is 45.1 Å². The maximum atomic E-state index is 11.6. The lowest BCUT2D eigenvalue weighted by Gasteiger charge is -2.28. The summed E-state index contributed by atoms with van der Waals surface area (Å²) in [7, 11) is 0. The summed E-state index contributed by atoms with van der Waals surface area (Å²) in [6, 6.07) is 1.82. The molecular weight excluding hydrogens is 480 g/mol. The molecule has 1 aliphatic heterocycles. The summed E-state index contributed by atoms with van der Waals surface area (Å²) in [6.45, 7) is 6.72. The van der Waals surface area contributed by atoms with Crippen LogP contribution in [-0.2, 0) is 6.54 Å². The Labute approximate surface area is 212 Å². The summed E-state index contributed by atoms with van der Waals surface area (Å²) < 4.78 is 7.45. The first kappa shape index (κ1) is 22.9. The van der Waals surface area contributed by atoms with Gasteiger partial charge in [-0.1, -0.05) is 17.7 Å². The average molecular weight is 507 g/mol. The molecule has 0 aromatic carbocycles. The minimum Gasteiger partial charge on any atom is -0.384 e. The number of nitrogens with one attached hydrogen (secondary N) is 1. The maximum Gasteiger partial charge on any atom is 0.434 e. The standard InChI is InChI=1S/C25H27ClN8O2/c1-2-15-5-7-16(8-6-15)14-34-20-19(17-11-18(26)13-27-12-17)28-22(23-31-32-25(35)36-23)29-21(20)30-24(34)33-9-3-4-10-33/h2,11-13,15-16H,1,3-10,14H2,(H,32,35). The molecule has 36 heavy (non-hydrogen) atoms. The molecule has 4 aromatic heterocycles. The molecule has 0 radical (unpaired) electrons. The van der Waals surface area contributed by atoms with E-state index in [1.807, 2.05) is 6.07 Å². The number of rotatable bonds is 6. The summed E-state index contributed by atoms with van der Waals surface area (Å²) >= 11 is 6.32. The highest BCUT2D eigenvalue weighted by Crippen LogP contribution is 2.37. The predicted molar refractivity (Wildman–Crippen MR) is 137 cm³/mol. The zero-order valence-corrected chi connectivity index (χ0v) is 20.6. The van der Waals surface area contributed by atoms with E-state index >= 15 is 0 Å². The fraction of sp³-hybridized carbons (Fsp3) is 0.440. The summed E-state index contributed by atoms with van der Waals surface area (Å²) in [5, 5.41) is 6.72.